The average Bonchev–Trinajstić information content (AvgIpc) is 2.30. The van der Waals surface area contributed by atoms with E-state index in [2.05, 4.69) is 15.9 Å². The largest absolute Gasteiger partial charge is 0.294 e. The zero-order valence-corrected chi connectivity index (χ0v) is 12.4. The minimum atomic E-state index is -0.756. The molecule has 0 bridgehead atoms. The molecule has 0 radical (unpaired) electrons. The quantitative estimate of drug-likeness (QED) is 0.721. The van der Waals surface area contributed by atoms with Gasteiger partial charge in [-0.05, 0) is 25.0 Å². The Kier molecular flexibility index (Phi) is 6.66. The number of hydrogen-bond acceptors (Lipinski definition) is 2. The molecule has 94 valence electrons. The Balaban J connectivity index is 2.35. The fourth-order valence-corrected chi connectivity index (χ4v) is 2.89. The van der Waals surface area contributed by atoms with E-state index in [1.54, 1.807) is 0 Å². The number of Topliss-reactive ketones (excluding diaryl/α,β-unsaturated/α-hetero) is 1. The second-order valence-electron chi connectivity index (χ2n) is 3.88. The first kappa shape index (κ1) is 14.6. The number of hydrogen-bond donors (Lipinski definition) is 0. The highest BCUT2D eigenvalue weighted by molar-refractivity contribution is 9.10. The Hall–Kier alpha value is -0.480. The predicted molar refractivity (Wildman–Crippen MR) is 75.9 cm³/mol. The number of benzene rings is 1. The summed E-state index contributed by atoms with van der Waals surface area (Å²) >= 11 is 3.33. The van der Waals surface area contributed by atoms with Crippen molar-refractivity contribution in [2.75, 3.05) is 11.5 Å². The van der Waals surface area contributed by atoms with Gasteiger partial charge in [0.1, 0.15) is 0 Å². The minimum Gasteiger partial charge on any atom is -0.294 e. The highest BCUT2D eigenvalue weighted by Gasteiger charge is 2.06. The highest BCUT2D eigenvalue weighted by atomic mass is 79.9. The second-order valence-corrected chi connectivity index (χ2v) is 6.49. The van der Waals surface area contributed by atoms with Gasteiger partial charge in [0.25, 0.3) is 0 Å². The lowest BCUT2D eigenvalue weighted by Crippen LogP contribution is -2.05. The van der Waals surface area contributed by atoms with Crippen molar-refractivity contribution in [3.8, 4) is 0 Å². The molecule has 1 atom stereocenters. The van der Waals surface area contributed by atoms with E-state index < -0.39 is 10.8 Å². The minimum absolute atomic E-state index is 0.131. The van der Waals surface area contributed by atoms with Crippen molar-refractivity contribution < 1.29 is 9.00 Å². The van der Waals surface area contributed by atoms with Gasteiger partial charge in [-0.3, -0.25) is 9.00 Å². The molecule has 0 amide bonds. The number of carbonyl (C=O) groups excluding carboxylic acids is 1. The lowest BCUT2D eigenvalue weighted by Gasteiger charge is -2.02. The normalized spacial score (nSPS) is 12.4. The molecule has 4 heteroatoms. The van der Waals surface area contributed by atoms with Crippen molar-refractivity contribution >= 4 is 32.5 Å². The third-order valence-corrected chi connectivity index (χ3v) is 4.51. The van der Waals surface area contributed by atoms with Gasteiger partial charge >= 0.3 is 0 Å². The highest BCUT2D eigenvalue weighted by Crippen LogP contribution is 2.12. The molecule has 0 N–H and O–H groups in total. The monoisotopic (exact) mass is 316 g/mol. The molecule has 1 aromatic carbocycles. The summed E-state index contributed by atoms with van der Waals surface area (Å²) in [5.41, 5.74) is 0.731. The van der Waals surface area contributed by atoms with Crippen LogP contribution in [0.25, 0.3) is 0 Å². The van der Waals surface area contributed by atoms with Gasteiger partial charge in [-0.15, -0.1) is 0 Å². The van der Waals surface area contributed by atoms with E-state index in [0.29, 0.717) is 18.6 Å². The van der Waals surface area contributed by atoms with E-state index in [0.717, 1.165) is 22.2 Å². The van der Waals surface area contributed by atoms with Gasteiger partial charge in [0.05, 0.1) is 0 Å². The first-order chi connectivity index (χ1) is 8.13. The van der Waals surface area contributed by atoms with Crippen molar-refractivity contribution in [2.45, 2.75) is 26.2 Å². The van der Waals surface area contributed by atoms with E-state index in [-0.39, 0.29) is 5.78 Å². The topological polar surface area (TPSA) is 34.1 Å². The Morgan fingerprint density at radius 1 is 1.24 bits per heavy atom. The summed E-state index contributed by atoms with van der Waals surface area (Å²) < 4.78 is 12.4. The maximum atomic E-state index is 11.8. The Morgan fingerprint density at radius 2 is 1.88 bits per heavy atom. The molecule has 0 heterocycles. The third kappa shape index (κ3) is 5.59. The SMILES string of the molecule is CCCS(=O)CCCC(=O)c1ccc(Br)cc1. The molecule has 0 aliphatic heterocycles. The Bertz CT molecular complexity index is 387. The molecule has 0 aliphatic rings. The number of halogens is 1. The van der Waals surface area contributed by atoms with Gasteiger partial charge in [0.2, 0.25) is 0 Å². The van der Waals surface area contributed by atoms with E-state index >= 15 is 0 Å². The molecule has 0 saturated heterocycles. The first-order valence-electron chi connectivity index (χ1n) is 5.77. The van der Waals surface area contributed by atoms with Crippen LogP contribution in [0.1, 0.15) is 36.5 Å². The molecule has 2 nitrogen and oxygen atoms in total. The molecule has 0 aliphatic carbocycles. The van der Waals surface area contributed by atoms with Gasteiger partial charge < -0.3 is 0 Å². The van der Waals surface area contributed by atoms with Crippen molar-refractivity contribution in [1.82, 2.24) is 0 Å². The van der Waals surface area contributed by atoms with Crippen LogP contribution in [0.15, 0.2) is 28.7 Å². The molecule has 1 unspecified atom stereocenters. The maximum absolute atomic E-state index is 11.8. The van der Waals surface area contributed by atoms with Crippen molar-refractivity contribution in [3.05, 3.63) is 34.3 Å². The summed E-state index contributed by atoms with van der Waals surface area (Å²) in [5.74, 6) is 1.51. The Morgan fingerprint density at radius 3 is 2.47 bits per heavy atom. The third-order valence-electron chi connectivity index (χ3n) is 2.37. The molecule has 0 saturated carbocycles. The van der Waals surface area contributed by atoms with Crippen LogP contribution in [0.2, 0.25) is 0 Å². The summed E-state index contributed by atoms with van der Waals surface area (Å²) in [6.45, 7) is 2.02. The van der Waals surface area contributed by atoms with Crippen molar-refractivity contribution in [2.24, 2.45) is 0 Å². The molecule has 17 heavy (non-hydrogen) atoms. The van der Waals surface area contributed by atoms with Gasteiger partial charge in [-0.2, -0.15) is 0 Å². The fraction of sp³-hybridized carbons (Fsp3) is 0.462. The van der Waals surface area contributed by atoms with Crippen LogP contribution >= 0.6 is 15.9 Å². The molecule has 0 spiro atoms. The van der Waals surface area contributed by atoms with Crippen LogP contribution in [0.4, 0.5) is 0 Å². The first-order valence-corrected chi connectivity index (χ1v) is 8.05. The summed E-state index contributed by atoms with van der Waals surface area (Å²) in [4.78, 5) is 11.8. The zero-order valence-electron chi connectivity index (χ0n) is 9.95. The van der Waals surface area contributed by atoms with Crippen LogP contribution in [0, 0.1) is 0 Å². The van der Waals surface area contributed by atoms with Gasteiger partial charge in [-0.1, -0.05) is 35.0 Å². The van der Waals surface area contributed by atoms with Crippen LogP contribution in [-0.4, -0.2) is 21.5 Å². The zero-order chi connectivity index (χ0) is 12.7. The number of carbonyl (C=O) groups is 1. The van der Waals surface area contributed by atoms with Gasteiger partial charge in [0, 0.05) is 38.8 Å². The molecule has 0 fully saturated rings. The summed E-state index contributed by atoms with van der Waals surface area (Å²) in [7, 11) is -0.756. The van der Waals surface area contributed by atoms with E-state index in [9.17, 15) is 9.00 Å². The van der Waals surface area contributed by atoms with Crippen molar-refractivity contribution in [3.63, 3.8) is 0 Å². The van der Waals surface area contributed by atoms with Crippen molar-refractivity contribution in [1.29, 1.82) is 0 Å². The summed E-state index contributed by atoms with van der Waals surface area (Å²) in [5, 5.41) is 0. The molecule has 0 aromatic heterocycles. The Labute approximate surface area is 113 Å². The molecule has 1 aromatic rings. The van der Waals surface area contributed by atoms with Crippen LogP contribution in [-0.2, 0) is 10.8 Å². The smallest absolute Gasteiger partial charge is 0.162 e. The summed E-state index contributed by atoms with van der Waals surface area (Å²) in [6.07, 6.45) is 2.13. The second kappa shape index (κ2) is 7.77. The van der Waals surface area contributed by atoms with Crippen LogP contribution in [0.3, 0.4) is 0 Å². The van der Waals surface area contributed by atoms with E-state index in [1.807, 2.05) is 31.2 Å². The van der Waals surface area contributed by atoms with E-state index in [4.69, 9.17) is 0 Å². The molecular weight excluding hydrogens is 300 g/mol. The van der Waals surface area contributed by atoms with Crippen LogP contribution in [0.5, 0.6) is 0 Å². The molecule has 1 rings (SSSR count). The number of rotatable bonds is 7. The van der Waals surface area contributed by atoms with Crippen LogP contribution < -0.4 is 0 Å². The predicted octanol–water partition coefficient (Wildman–Crippen LogP) is 3.57. The lowest BCUT2D eigenvalue weighted by atomic mass is 10.1. The lowest BCUT2D eigenvalue weighted by molar-refractivity contribution is 0.0982. The fourth-order valence-electron chi connectivity index (χ4n) is 1.50. The standard InChI is InChI=1S/C13H17BrO2S/c1-2-9-17(16)10-3-4-13(15)11-5-7-12(14)8-6-11/h5-8H,2-4,9-10H2,1H3. The molecular formula is C13H17BrO2S. The summed E-state index contributed by atoms with van der Waals surface area (Å²) in [6, 6.07) is 7.36. The number of ketones is 1. The van der Waals surface area contributed by atoms with E-state index in [1.165, 1.54) is 0 Å². The average molecular weight is 317 g/mol. The maximum Gasteiger partial charge on any atom is 0.162 e. The van der Waals surface area contributed by atoms with Gasteiger partial charge in [-0.25, -0.2) is 0 Å². The van der Waals surface area contributed by atoms with Gasteiger partial charge in [0.15, 0.2) is 5.78 Å².